The zero-order valence-electron chi connectivity index (χ0n) is 5.65. The summed E-state index contributed by atoms with van der Waals surface area (Å²) in [5.74, 6) is 0. The molecule has 0 saturated heterocycles. The van der Waals surface area contributed by atoms with Crippen LogP contribution < -0.4 is 0 Å². The summed E-state index contributed by atoms with van der Waals surface area (Å²) < 4.78 is 0. The average Bonchev–Trinajstić information content (AvgIpc) is 2.12. The molecule has 0 fully saturated rings. The molecule has 0 atom stereocenters. The Bertz CT molecular complexity index is 86.6. The van der Waals surface area contributed by atoms with Crippen LogP contribution in [0, 0.1) is 0 Å². The molecule has 0 heterocycles. The van der Waals surface area contributed by atoms with Crippen LogP contribution in [-0.4, -0.2) is 8.80 Å². The van der Waals surface area contributed by atoms with Gasteiger partial charge in [-0.3, -0.25) is 0 Å². The summed E-state index contributed by atoms with van der Waals surface area (Å²) in [6, 6.07) is 0. The highest BCUT2D eigenvalue weighted by atomic mass is 28.3. The van der Waals surface area contributed by atoms with Gasteiger partial charge in [0.15, 0.2) is 0 Å². The number of allylic oxidation sites excluding steroid dienone is 2. The molecule has 0 aliphatic heterocycles. The quantitative estimate of drug-likeness (QED) is 0.373. The molecule has 1 aliphatic carbocycles. The van der Waals surface area contributed by atoms with Crippen molar-refractivity contribution >= 4 is 8.80 Å². The zero-order chi connectivity index (χ0) is 5.98. The predicted molar refractivity (Wildman–Crippen MR) is 39.6 cm³/mol. The maximum atomic E-state index is 2.41. The van der Waals surface area contributed by atoms with E-state index in [2.05, 4.69) is 25.2 Å². The van der Waals surface area contributed by atoms with Crippen LogP contribution in [0.15, 0.2) is 12.2 Å². The van der Waals surface area contributed by atoms with Gasteiger partial charge in [0.2, 0.25) is 0 Å². The molecule has 0 saturated carbocycles. The minimum absolute atomic E-state index is 0.0252. The third-order valence-electron chi connectivity index (χ3n) is 1.82. The number of hydrogen-bond acceptors (Lipinski definition) is 0. The molecule has 8 heavy (non-hydrogen) atoms. The molecular formula is C7H13Si. The van der Waals surface area contributed by atoms with Gasteiger partial charge in [-0.15, -0.1) is 0 Å². The monoisotopic (exact) mass is 125 g/mol. The van der Waals surface area contributed by atoms with E-state index in [1.165, 1.54) is 12.8 Å². The minimum atomic E-state index is 0.0252. The molecule has 0 N–H and O–H groups in total. The van der Waals surface area contributed by atoms with Gasteiger partial charge in [0.25, 0.3) is 0 Å². The van der Waals surface area contributed by atoms with Crippen LogP contribution in [0.3, 0.4) is 0 Å². The van der Waals surface area contributed by atoms with E-state index >= 15 is 0 Å². The Morgan fingerprint density at radius 1 is 1.25 bits per heavy atom. The minimum Gasteiger partial charge on any atom is -0.0885 e. The Morgan fingerprint density at radius 3 is 2.00 bits per heavy atom. The summed E-state index contributed by atoms with van der Waals surface area (Å²) in [5.41, 5.74) is 1.06. The lowest BCUT2D eigenvalue weighted by molar-refractivity contribution is 0.896. The molecule has 0 spiro atoms. The van der Waals surface area contributed by atoms with Gasteiger partial charge in [0.05, 0.1) is 0 Å². The highest BCUT2D eigenvalue weighted by molar-refractivity contribution is 6.57. The lowest BCUT2D eigenvalue weighted by Gasteiger charge is -2.09. The first kappa shape index (κ1) is 6.08. The zero-order valence-corrected chi connectivity index (χ0v) is 6.65. The van der Waals surface area contributed by atoms with Gasteiger partial charge in [-0.25, -0.2) is 0 Å². The summed E-state index contributed by atoms with van der Waals surface area (Å²) in [7, 11) is 0.0252. The first-order valence-corrected chi connectivity index (χ1v) is 5.83. The summed E-state index contributed by atoms with van der Waals surface area (Å²) >= 11 is 0. The van der Waals surface area contributed by atoms with Gasteiger partial charge >= 0.3 is 0 Å². The van der Waals surface area contributed by atoms with Crippen LogP contribution in [0.4, 0.5) is 0 Å². The fraction of sp³-hybridized carbons (Fsp3) is 0.714. The largest absolute Gasteiger partial charge is 0.0885 e. The second kappa shape index (κ2) is 2.49. The van der Waals surface area contributed by atoms with Crippen molar-refractivity contribution in [1.82, 2.24) is 0 Å². The summed E-state index contributed by atoms with van der Waals surface area (Å²) in [5, 5.41) is 0. The Labute approximate surface area is 53.2 Å². The highest BCUT2D eigenvalue weighted by Gasteiger charge is 2.14. The number of hydrogen-bond donors (Lipinski definition) is 0. The summed E-state index contributed by atoms with van der Waals surface area (Å²) in [4.78, 5) is 0. The van der Waals surface area contributed by atoms with Gasteiger partial charge in [0, 0.05) is 8.80 Å². The molecular weight excluding hydrogens is 112 g/mol. The molecule has 0 unspecified atom stereocenters. The van der Waals surface area contributed by atoms with E-state index in [0.29, 0.717) is 0 Å². The Kier molecular flexibility index (Phi) is 1.89. The topological polar surface area (TPSA) is 0 Å². The molecule has 0 aromatic rings. The van der Waals surface area contributed by atoms with Gasteiger partial charge in [-0.2, -0.15) is 0 Å². The molecule has 1 heteroatoms. The molecule has 0 aromatic carbocycles. The van der Waals surface area contributed by atoms with Crippen LogP contribution in [0.25, 0.3) is 0 Å². The highest BCUT2D eigenvalue weighted by Crippen LogP contribution is 2.26. The van der Waals surface area contributed by atoms with Crippen molar-refractivity contribution in [3.63, 3.8) is 0 Å². The lowest BCUT2D eigenvalue weighted by Crippen LogP contribution is -2.07. The second-order valence-electron chi connectivity index (χ2n) is 2.72. The predicted octanol–water partition coefficient (Wildman–Crippen LogP) is 2.46. The van der Waals surface area contributed by atoms with Gasteiger partial charge in [0.1, 0.15) is 0 Å². The van der Waals surface area contributed by atoms with E-state index in [4.69, 9.17) is 0 Å². The van der Waals surface area contributed by atoms with E-state index in [1.54, 1.807) is 0 Å². The third-order valence-corrected chi connectivity index (χ3v) is 3.93. The molecule has 0 bridgehead atoms. The van der Waals surface area contributed by atoms with Crippen LogP contribution in [0.5, 0.6) is 0 Å². The molecule has 1 rings (SSSR count). The van der Waals surface area contributed by atoms with Crippen molar-refractivity contribution in [1.29, 1.82) is 0 Å². The first-order valence-electron chi connectivity index (χ1n) is 3.26. The Morgan fingerprint density at radius 2 is 1.75 bits per heavy atom. The van der Waals surface area contributed by atoms with Crippen LogP contribution in [0.2, 0.25) is 18.6 Å². The van der Waals surface area contributed by atoms with Crippen molar-refractivity contribution in [3.8, 4) is 0 Å². The van der Waals surface area contributed by atoms with Crippen LogP contribution in [-0.2, 0) is 0 Å². The molecule has 45 valence electrons. The fourth-order valence-electron chi connectivity index (χ4n) is 1.09. The Balaban J connectivity index is 2.29. The van der Waals surface area contributed by atoms with E-state index in [9.17, 15) is 0 Å². The van der Waals surface area contributed by atoms with E-state index in [1.807, 2.05) is 0 Å². The molecule has 1 aliphatic rings. The van der Waals surface area contributed by atoms with Gasteiger partial charge in [-0.1, -0.05) is 25.2 Å². The fourth-order valence-corrected chi connectivity index (χ4v) is 2.30. The molecule has 0 aromatic heterocycles. The van der Waals surface area contributed by atoms with Crippen molar-refractivity contribution in [2.45, 2.75) is 31.5 Å². The van der Waals surface area contributed by atoms with Crippen molar-refractivity contribution < 1.29 is 0 Å². The maximum Gasteiger partial charge on any atom is 0.0452 e. The summed E-state index contributed by atoms with van der Waals surface area (Å²) in [6.45, 7) is 4.81. The normalized spacial score (nSPS) is 20.9. The van der Waals surface area contributed by atoms with Gasteiger partial charge < -0.3 is 0 Å². The lowest BCUT2D eigenvalue weighted by atomic mass is 10.3. The molecule has 1 radical (unpaired) electrons. The third kappa shape index (κ3) is 1.22. The molecule has 0 amide bonds. The average molecular weight is 125 g/mol. The van der Waals surface area contributed by atoms with E-state index in [0.717, 1.165) is 5.54 Å². The number of rotatable bonds is 1. The van der Waals surface area contributed by atoms with Crippen LogP contribution >= 0.6 is 0 Å². The summed E-state index contributed by atoms with van der Waals surface area (Å²) in [6.07, 6.45) is 7.37. The smallest absolute Gasteiger partial charge is 0.0452 e. The standard InChI is InChI=1S/C7H13Si/c1-8(2)7-5-3-4-6-7/h3-4,7H,5-6H2,1-2H3. The van der Waals surface area contributed by atoms with Gasteiger partial charge in [-0.05, 0) is 18.4 Å². The first-order chi connectivity index (χ1) is 3.80. The van der Waals surface area contributed by atoms with Crippen LogP contribution in [0.1, 0.15) is 12.8 Å². The SMILES string of the molecule is C[Si](C)C1CC=CC1. The van der Waals surface area contributed by atoms with Crippen molar-refractivity contribution in [3.05, 3.63) is 12.2 Å². The Hall–Kier alpha value is -0.0431. The van der Waals surface area contributed by atoms with E-state index < -0.39 is 0 Å². The van der Waals surface area contributed by atoms with E-state index in [-0.39, 0.29) is 8.80 Å². The van der Waals surface area contributed by atoms with Crippen molar-refractivity contribution in [2.75, 3.05) is 0 Å². The van der Waals surface area contributed by atoms with Crippen molar-refractivity contribution in [2.24, 2.45) is 0 Å². The molecule has 0 nitrogen and oxygen atoms in total. The second-order valence-corrected chi connectivity index (χ2v) is 5.69. The maximum absolute atomic E-state index is 2.41.